The van der Waals surface area contributed by atoms with E-state index < -0.39 is 0 Å². The summed E-state index contributed by atoms with van der Waals surface area (Å²) in [5.41, 5.74) is 4.93. The van der Waals surface area contributed by atoms with Crippen LogP contribution in [0.15, 0.2) is 0 Å². The van der Waals surface area contributed by atoms with Crippen molar-refractivity contribution in [3.05, 3.63) is 0 Å². The molecule has 0 aliphatic carbocycles. The molecule has 1 amide bonds. The molecule has 50 valence electrons. The number of carbonyl (C=O) groups excluding carboxylic acids is 1. The largest absolute Gasteiger partial charge is 0.369 e. The van der Waals surface area contributed by atoms with E-state index in [-0.39, 0.29) is 11.8 Å². The third-order valence-electron chi connectivity index (χ3n) is 1.17. The lowest BCUT2D eigenvalue weighted by Gasteiger charge is -2.00. The first kappa shape index (κ1) is 7.96. The molecule has 1 atom stereocenters. The zero-order valence-corrected chi connectivity index (χ0v) is 5.42. The molecule has 0 aliphatic rings. The van der Waals surface area contributed by atoms with Crippen LogP contribution in [-0.4, -0.2) is 5.91 Å². The molecule has 3 heteroatoms. The van der Waals surface area contributed by atoms with Gasteiger partial charge in [0.05, 0.1) is 6.07 Å². The van der Waals surface area contributed by atoms with Crippen LogP contribution in [0.4, 0.5) is 0 Å². The van der Waals surface area contributed by atoms with Crippen molar-refractivity contribution in [2.45, 2.75) is 19.8 Å². The van der Waals surface area contributed by atoms with Crippen molar-refractivity contribution < 1.29 is 4.79 Å². The van der Waals surface area contributed by atoms with Gasteiger partial charge in [-0.05, 0) is 6.42 Å². The molecule has 0 bridgehead atoms. The molecule has 0 aromatic heterocycles. The fourth-order valence-electron chi connectivity index (χ4n) is 0.423. The second-order valence-corrected chi connectivity index (χ2v) is 2.00. The molecular formula is C6H10N2O. The van der Waals surface area contributed by atoms with E-state index in [9.17, 15) is 4.79 Å². The highest BCUT2D eigenvalue weighted by atomic mass is 16.1. The molecule has 2 N–H and O–H groups in total. The normalized spacial score (nSPS) is 12.0. The summed E-state index contributed by atoms with van der Waals surface area (Å²) in [5.74, 6) is -0.491. The SMILES string of the molecule is C[C@@H](CCC#N)C(N)=O. The number of nitriles is 1. The highest BCUT2D eigenvalue weighted by molar-refractivity contribution is 5.76. The second-order valence-electron chi connectivity index (χ2n) is 2.00. The Kier molecular flexibility index (Phi) is 3.45. The van der Waals surface area contributed by atoms with Gasteiger partial charge in [-0.2, -0.15) is 5.26 Å². The molecular weight excluding hydrogens is 116 g/mol. The molecule has 0 radical (unpaired) electrons. The van der Waals surface area contributed by atoms with Crippen molar-refractivity contribution in [2.75, 3.05) is 0 Å². The third kappa shape index (κ3) is 3.53. The van der Waals surface area contributed by atoms with E-state index in [4.69, 9.17) is 11.0 Å². The van der Waals surface area contributed by atoms with E-state index in [1.54, 1.807) is 6.92 Å². The summed E-state index contributed by atoms with van der Waals surface area (Å²) in [7, 11) is 0. The number of amides is 1. The van der Waals surface area contributed by atoms with Crippen molar-refractivity contribution in [2.24, 2.45) is 11.7 Å². The minimum Gasteiger partial charge on any atom is -0.369 e. The molecule has 0 aromatic rings. The van der Waals surface area contributed by atoms with Gasteiger partial charge in [0, 0.05) is 12.3 Å². The first-order valence-electron chi connectivity index (χ1n) is 2.84. The number of primary amides is 1. The van der Waals surface area contributed by atoms with Crippen LogP contribution >= 0.6 is 0 Å². The van der Waals surface area contributed by atoms with E-state index in [0.29, 0.717) is 12.8 Å². The quantitative estimate of drug-likeness (QED) is 0.595. The molecule has 0 saturated carbocycles. The maximum Gasteiger partial charge on any atom is 0.220 e. The molecule has 9 heavy (non-hydrogen) atoms. The molecule has 3 nitrogen and oxygen atoms in total. The van der Waals surface area contributed by atoms with Gasteiger partial charge in [0.1, 0.15) is 0 Å². The molecule has 0 aliphatic heterocycles. The van der Waals surface area contributed by atoms with Crippen LogP contribution in [0.25, 0.3) is 0 Å². The standard InChI is InChI=1S/C6H10N2O/c1-5(6(8)9)3-2-4-7/h5H,2-3H2,1H3,(H2,8,9)/t5-/m0/s1. The van der Waals surface area contributed by atoms with Crippen LogP contribution in [-0.2, 0) is 4.79 Å². The smallest absolute Gasteiger partial charge is 0.220 e. The topological polar surface area (TPSA) is 66.9 Å². The molecule has 0 spiro atoms. The first-order valence-corrected chi connectivity index (χ1v) is 2.84. The Bertz CT molecular complexity index is 136. The van der Waals surface area contributed by atoms with Crippen LogP contribution in [0.3, 0.4) is 0 Å². The van der Waals surface area contributed by atoms with E-state index in [0.717, 1.165) is 0 Å². The number of nitrogens with two attached hydrogens (primary N) is 1. The van der Waals surface area contributed by atoms with Gasteiger partial charge < -0.3 is 5.73 Å². The monoisotopic (exact) mass is 126 g/mol. The van der Waals surface area contributed by atoms with Crippen LogP contribution < -0.4 is 5.73 Å². The predicted octanol–water partition coefficient (Wildman–Crippen LogP) is 0.412. The molecule has 0 heterocycles. The Morgan fingerprint density at radius 1 is 1.89 bits per heavy atom. The molecule has 0 rings (SSSR count). The minimum atomic E-state index is -0.328. The highest BCUT2D eigenvalue weighted by Gasteiger charge is 2.06. The number of carbonyl (C=O) groups is 1. The maximum atomic E-state index is 10.3. The summed E-state index contributed by atoms with van der Waals surface area (Å²) in [5, 5.41) is 8.09. The van der Waals surface area contributed by atoms with E-state index >= 15 is 0 Å². The Balaban J connectivity index is 3.41. The highest BCUT2D eigenvalue weighted by Crippen LogP contribution is 2.02. The maximum absolute atomic E-state index is 10.3. The molecule has 0 fully saturated rings. The molecule has 0 saturated heterocycles. The third-order valence-corrected chi connectivity index (χ3v) is 1.17. The zero-order valence-electron chi connectivity index (χ0n) is 5.42. The number of hydrogen-bond acceptors (Lipinski definition) is 2. The Morgan fingerprint density at radius 3 is 2.78 bits per heavy atom. The summed E-state index contributed by atoms with van der Waals surface area (Å²) >= 11 is 0. The summed E-state index contributed by atoms with van der Waals surface area (Å²) in [4.78, 5) is 10.3. The van der Waals surface area contributed by atoms with E-state index in [1.165, 1.54) is 0 Å². The lowest BCUT2D eigenvalue weighted by atomic mass is 10.1. The lowest BCUT2D eigenvalue weighted by Crippen LogP contribution is -2.20. The van der Waals surface area contributed by atoms with Gasteiger partial charge in [-0.1, -0.05) is 6.92 Å². The Morgan fingerprint density at radius 2 is 2.44 bits per heavy atom. The van der Waals surface area contributed by atoms with Crippen molar-refractivity contribution in [3.8, 4) is 6.07 Å². The van der Waals surface area contributed by atoms with Crippen LogP contribution in [0.5, 0.6) is 0 Å². The van der Waals surface area contributed by atoms with Gasteiger partial charge in [-0.15, -0.1) is 0 Å². The van der Waals surface area contributed by atoms with E-state index in [1.807, 2.05) is 6.07 Å². The van der Waals surface area contributed by atoms with Gasteiger partial charge in [-0.25, -0.2) is 0 Å². The lowest BCUT2D eigenvalue weighted by molar-refractivity contribution is -0.121. The summed E-state index contributed by atoms with van der Waals surface area (Å²) in [6, 6.07) is 1.95. The first-order chi connectivity index (χ1) is 4.18. The average molecular weight is 126 g/mol. The minimum absolute atomic E-state index is 0.162. The Hall–Kier alpha value is -1.04. The van der Waals surface area contributed by atoms with Gasteiger partial charge in [0.2, 0.25) is 5.91 Å². The average Bonchev–Trinajstić information content (AvgIpc) is 1.82. The number of nitrogens with zero attached hydrogens (tertiary/aromatic N) is 1. The van der Waals surface area contributed by atoms with Crippen LogP contribution in [0.1, 0.15) is 19.8 Å². The van der Waals surface area contributed by atoms with Crippen molar-refractivity contribution in [1.29, 1.82) is 5.26 Å². The van der Waals surface area contributed by atoms with Gasteiger partial charge in [-0.3, -0.25) is 4.79 Å². The fourth-order valence-corrected chi connectivity index (χ4v) is 0.423. The van der Waals surface area contributed by atoms with Crippen LogP contribution in [0, 0.1) is 17.2 Å². The van der Waals surface area contributed by atoms with Crippen molar-refractivity contribution in [3.63, 3.8) is 0 Å². The number of hydrogen-bond donors (Lipinski definition) is 1. The number of rotatable bonds is 3. The van der Waals surface area contributed by atoms with Crippen molar-refractivity contribution >= 4 is 5.91 Å². The zero-order chi connectivity index (χ0) is 7.28. The predicted molar refractivity (Wildman–Crippen MR) is 33.2 cm³/mol. The summed E-state index contributed by atoms with van der Waals surface area (Å²) in [6.45, 7) is 1.72. The van der Waals surface area contributed by atoms with Crippen LogP contribution in [0.2, 0.25) is 0 Å². The van der Waals surface area contributed by atoms with Gasteiger partial charge in [0.15, 0.2) is 0 Å². The second kappa shape index (κ2) is 3.90. The summed E-state index contributed by atoms with van der Waals surface area (Å²) < 4.78 is 0. The molecule has 0 aromatic carbocycles. The van der Waals surface area contributed by atoms with E-state index in [2.05, 4.69) is 0 Å². The van der Waals surface area contributed by atoms with Gasteiger partial charge >= 0.3 is 0 Å². The van der Waals surface area contributed by atoms with Gasteiger partial charge in [0.25, 0.3) is 0 Å². The summed E-state index contributed by atoms with van der Waals surface area (Å²) in [6.07, 6.45) is 0.982. The Labute approximate surface area is 54.5 Å². The fraction of sp³-hybridized carbons (Fsp3) is 0.667. The molecule has 0 unspecified atom stereocenters. The van der Waals surface area contributed by atoms with Crippen molar-refractivity contribution in [1.82, 2.24) is 0 Å².